The van der Waals surface area contributed by atoms with E-state index in [0.717, 1.165) is 25.7 Å². The van der Waals surface area contributed by atoms with Gasteiger partial charge in [0.25, 0.3) is 5.91 Å². The number of aromatic nitrogens is 1. The summed E-state index contributed by atoms with van der Waals surface area (Å²) in [6.45, 7) is 1.43. The summed E-state index contributed by atoms with van der Waals surface area (Å²) in [5.41, 5.74) is 0.859. The van der Waals surface area contributed by atoms with Gasteiger partial charge in [-0.25, -0.2) is 0 Å². The lowest BCUT2D eigenvalue weighted by atomic mass is 10.0. The molecule has 2 N–H and O–H groups in total. The first kappa shape index (κ1) is 15.6. The number of hydrogen-bond acceptors (Lipinski definition) is 3. The molecule has 1 aliphatic carbocycles. The molecule has 2 fully saturated rings. The maximum atomic E-state index is 12.4. The number of carbonyl (C=O) groups is 2. The van der Waals surface area contributed by atoms with E-state index in [1.165, 1.54) is 19.0 Å². The topological polar surface area (TPSA) is 89.0 Å². The highest BCUT2D eigenvalue weighted by molar-refractivity contribution is 5.93. The molecule has 1 saturated carbocycles. The van der Waals surface area contributed by atoms with E-state index in [4.69, 9.17) is 5.26 Å². The number of likely N-dealkylation sites (tertiary alicyclic amines) is 1. The lowest BCUT2D eigenvalue weighted by Gasteiger charge is -2.33. The minimum absolute atomic E-state index is 0.0870. The molecule has 6 nitrogen and oxygen atoms in total. The zero-order valence-corrected chi connectivity index (χ0v) is 13.2. The molecule has 0 bridgehead atoms. The number of piperidine rings is 1. The predicted molar refractivity (Wildman–Crippen MR) is 84.5 cm³/mol. The zero-order valence-electron chi connectivity index (χ0n) is 13.2. The van der Waals surface area contributed by atoms with Crippen molar-refractivity contribution in [3.05, 3.63) is 23.5 Å². The van der Waals surface area contributed by atoms with E-state index in [1.54, 1.807) is 6.07 Å². The molecule has 1 saturated heterocycles. The van der Waals surface area contributed by atoms with Crippen molar-refractivity contribution in [2.24, 2.45) is 5.92 Å². The molecule has 3 rings (SSSR count). The van der Waals surface area contributed by atoms with Crippen LogP contribution in [0.5, 0.6) is 0 Å². The lowest BCUT2D eigenvalue weighted by molar-refractivity contribution is -0.136. The second-order valence-electron chi connectivity index (χ2n) is 6.47. The highest BCUT2D eigenvalue weighted by atomic mass is 16.2. The lowest BCUT2D eigenvalue weighted by Crippen LogP contribution is -2.47. The minimum Gasteiger partial charge on any atom is -0.356 e. The summed E-state index contributed by atoms with van der Waals surface area (Å²) in [5.74, 6) is 0.340. The monoisotopic (exact) mass is 314 g/mol. The van der Waals surface area contributed by atoms with E-state index in [1.807, 2.05) is 11.0 Å². The molecule has 0 radical (unpaired) electrons. The van der Waals surface area contributed by atoms with Gasteiger partial charge in [0.05, 0.1) is 5.56 Å². The fourth-order valence-electron chi connectivity index (χ4n) is 3.53. The summed E-state index contributed by atoms with van der Waals surface area (Å²) < 4.78 is 0. The van der Waals surface area contributed by atoms with Crippen LogP contribution in [0.4, 0.5) is 0 Å². The van der Waals surface area contributed by atoms with E-state index in [-0.39, 0.29) is 17.9 Å². The van der Waals surface area contributed by atoms with E-state index >= 15 is 0 Å². The molecule has 6 heteroatoms. The van der Waals surface area contributed by atoms with E-state index in [0.29, 0.717) is 30.3 Å². The van der Waals surface area contributed by atoms with Crippen LogP contribution in [0, 0.1) is 17.2 Å². The Hall–Kier alpha value is -2.29. The third-order valence-corrected chi connectivity index (χ3v) is 4.90. The first-order valence-corrected chi connectivity index (χ1v) is 8.35. The molecule has 23 heavy (non-hydrogen) atoms. The van der Waals surface area contributed by atoms with Crippen LogP contribution < -0.4 is 5.32 Å². The molecule has 1 aliphatic heterocycles. The van der Waals surface area contributed by atoms with Crippen molar-refractivity contribution in [1.82, 2.24) is 15.2 Å². The van der Waals surface area contributed by atoms with E-state index in [9.17, 15) is 9.59 Å². The van der Waals surface area contributed by atoms with Crippen LogP contribution >= 0.6 is 0 Å². The molecule has 122 valence electrons. The van der Waals surface area contributed by atoms with Gasteiger partial charge in [0, 0.05) is 31.2 Å². The Bertz CT molecular complexity index is 617. The van der Waals surface area contributed by atoms with Crippen molar-refractivity contribution in [3.63, 3.8) is 0 Å². The third kappa shape index (κ3) is 3.55. The van der Waals surface area contributed by atoms with Gasteiger partial charge >= 0.3 is 0 Å². The van der Waals surface area contributed by atoms with Gasteiger partial charge < -0.3 is 15.2 Å². The molecule has 2 aliphatic rings. The molecule has 1 aromatic rings. The van der Waals surface area contributed by atoms with Crippen molar-refractivity contribution in [2.75, 3.05) is 13.1 Å². The number of hydrogen-bond donors (Lipinski definition) is 2. The molecule has 2 heterocycles. The number of rotatable bonds is 3. The van der Waals surface area contributed by atoms with Gasteiger partial charge in [-0.15, -0.1) is 0 Å². The van der Waals surface area contributed by atoms with Gasteiger partial charge in [-0.1, -0.05) is 12.8 Å². The van der Waals surface area contributed by atoms with Crippen molar-refractivity contribution in [3.8, 4) is 6.07 Å². The second-order valence-corrected chi connectivity index (χ2v) is 6.47. The van der Waals surface area contributed by atoms with Gasteiger partial charge in [-0.2, -0.15) is 5.26 Å². The van der Waals surface area contributed by atoms with E-state index < -0.39 is 0 Å². The van der Waals surface area contributed by atoms with Crippen LogP contribution in [-0.2, 0) is 4.79 Å². The Morgan fingerprint density at radius 3 is 2.52 bits per heavy atom. The predicted octanol–water partition coefficient (Wildman–Crippen LogP) is 1.80. The van der Waals surface area contributed by atoms with Crippen LogP contribution in [0.25, 0.3) is 0 Å². The summed E-state index contributed by atoms with van der Waals surface area (Å²) >= 11 is 0. The maximum absolute atomic E-state index is 12.4. The first-order chi connectivity index (χ1) is 11.2. The highest BCUT2D eigenvalue weighted by Gasteiger charge is 2.30. The van der Waals surface area contributed by atoms with Crippen molar-refractivity contribution >= 4 is 11.8 Å². The Balaban J connectivity index is 1.48. The van der Waals surface area contributed by atoms with Gasteiger partial charge in [0.15, 0.2) is 0 Å². The standard InChI is InChI=1S/C17H22N4O2/c18-10-12-9-15(19-11-12)16(22)20-14-5-7-21(8-6-14)17(23)13-3-1-2-4-13/h9,11,13-14,19H,1-8H2,(H,20,22). The van der Waals surface area contributed by atoms with Gasteiger partial charge in [0.2, 0.25) is 5.91 Å². The summed E-state index contributed by atoms with van der Waals surface area (Å²) in [5, 5.41) is 11.8. The average Bonchev–Trinajstić information content (AvgIpc) is 3.26. The minimum atomic E-state index is -0.188. The van der Waals surface area contributed by atoms with Gasteiger partial charge in [0.1, 0.15) is 11.8 Å². The molecule has 0 spiro atoms. The van der Waals surface area contributed by atoms with Crippen LogP contribution in [0.3, 0.4) is 0 Å². The van der Waals surface area contributed by atoms with Crippen LogP contribution in [0.2, 0.25) is 0 Å². The van der Waals surface area contributed by atoms with Crippen LogP contribution in [-0.4, -0.2) is 40.8 Å². The zero-order chi connectivity index (χ0) is 16.2. The third-order valence-electron chi connectivity index (χ3n) is 4.90. The Morgan fingerprint density at radius 1 is 1.22 bits per heavy atom. The number of aromatic amines is 1. The van der Waals surface area contributed by atoms with E-state index in [2.05, 4.69) is 10.3 Å². The molecular weight excluding hydrogens is 292 g/mol. The smallest absolute Gasteiger partial charge is 0.267 e. The Morgan fingerprint density at radius 2 is 1.91 bits per heavy atom. The molecular formula is C17H22N4O2. The quantitative estimate of drug-likeness (QED) is 0.891. The molecule has 0 aromatic carbocycles. The highest BCUT2D eigenvalue weighted by Crippen LogP contribution is 2.27. The molecule has 1 aromatic heterocycles. The van der Waals surface area contributed by atoms with Crippen molar-refractivity contribution < 1.29 is 9.59 Å². The summed E-state index contributed by atoms with van der Waals surface area (Å²) in [4.78, 5) is 29.3. The molecule has 2 amide bonds. The number of nitriles is 1. The summed E-state index contributed by atoms with van der Waals surface area (Å²) in [6, 6.07) is 3.63. The molecule has 0 atom stereocenters. The number of nitrogens with one attached hydrogen (secondary N) is 2. The van der Waals surface area contributed by atoms with Crippen LogP contribution in [0.15, 0.2) is 12.3 Å². The Kier molecular flexibility index (Phi) is 4.65. The number of nitrogens with zero attached hydrogens (tertiary/aromatic N) is 2. The second kappa shape index (κ2) is 6.86. The fraction of sp³-hybridized carbons (Fsp3) is 0.588. The number of H-pyrrole nitrogens is 1. The number of carbonyl (C=O) groups excluding carboxylic acids is 2. The maximum Gasteiger partial charge on any atom is 0.267 e. The normalized spacial score (nSPS) is 19.5. The number of amides is 2. The summed E-state index contributed by atoms with van der Waals surface area (Å²) in [7, 11) is 0. The SMILES string of the molecule is N#Cc1c[nH]c(C(=O)NC2CCN(C(=O)C3CCCC3)CC2)c1. The summed E-state index contributed by atoms with van der Waals surface area (Å²) in [6.07, 6.45) is 7.50. The first-order valence-electron chi connectivity index (χ1n) is 8.35. The molecule has 0 unspecified atom stereocenters. The van der Waals surface area contributed by atoms with Gasteiger partial charge in [-0.3, -0.25) is 9.59 Å². The van der Waals surface area contributed by atoms with Crippen molar-refractivity contribution in [2.45, 2.75) is 44.6 Å². The largest absolute Gasteiger partial charge is 0.356 e. The van der Waals surface area contributed by atoms with Gasteiger partial charge in [-0.05, 0) is 31.7 Å². The van der Waals surface area contributed by atoms with Crippen molar-refractivity contribution in [1.29, 1.82) is 5.26 Å². The average molecular weight is 314 g/mol. The van der Waals surface area contributed by atoms with Crippen LogP contribution in [0.1, 0.15) is 54.6 Å². The fourth-order valence-corrected chi connectivity index (χ4v) is 3.53. The Labute approximate surface area is 135 Å².